The van der Waals surface area contributed by atoms with Crippen LogP contribution in [-0.4, -0.2) is 45.9 Å². The van der Waals surface area contributed by atoms with Crippen LogP contribution in [0.4, 0.5) is 0 Å². The summed E-state index contributed by atoms with van der Waals surface area (Å²) in [6.45, 7) is 4.18. The number of carbonyl (C=O) groups excluding carboxylic acids is 2. The van der Waals surface area contributed by atoms with Crippen molar-refractivity contribution in [3.05, 3.63) is 29.9 Å². The van der Waals surface area contributed by atoms with Crippen molar-refractivity contribution in [3.63, 3.8) is 0 Å². The molecule has 124 valence electrons. The van der Waals surface area contributed by atoms with Crippen LogP contribution in [0.3, 0.4) is 0 Å². The third-order valence-corrected chi connectivity index (χ3v) is 3.79. The standard InChI is InChI=1S/C15H22N6O2/c1-15(2)6-8-21(14(15)23)12(16)11(9-17-3)18-13(22)10-5-7-20(4)19-10/h5,7,9,16-17H,6,8H2,1-4H3,(H,18,22)/b11-9+,16-12?. The van der Waals surface area contributed by atoms with E-state index in [1.165, 1.54) is 15.8 Å². The van der Waals surface area contributed by atoms with Crippen molar-refractivity contribution < 1.29 is 9.59 Å². The van der Waals surface area contributed by atoms with Gasteiger partial charge in [-0.3, -0.25) is 24.6 Å². The minimum Gasteiger partial charge on any atom is -0.392 e. The summed E-state index contributed by atoms with van der Waals surface area (Å²) in [7, 11) is 3.38. The van der Waals surface area contributed by atoms with Crippen LogP contribution in [0.15, 0.2) is 24.2 Å². The molecule has 0 saturated carbocycles. The van der Waals surface area contributed by atoms with E-state index >= 15 is 0 Å². The lowest BCUT2D eigenvalue weighted by Crippen LogP contribution is -2.41. The zero-order valence-corrected chi connectivity index (χ0v) is 13.8. The van der Waals surface area contributed by atoms with Crippen LogP contribution in [0.1, 0.15) is 30.8 Å². The Hall–Kier alpha value is -2.64. The molecule has 1 fully saturated rings. The number of hydrogen-bond donors (Lipinski definition) is 3. The number of rotatable bonds is 4. The Kier molecular flexibility index (Phi) is 4.53. The zero-order valence-electron chi connectivity index (χ0n) is 13.8. The summed E-state index contributed by atoms with van der Waals surface area (Å²) in [5, 5.41) is 17.7. The highest BCUT2D eigenvalue weighted by molar-refractivity contribution is 6.10. The van der Waals surface area contributed by atoms with Crippen molar-refractivity contribution in [1.82, 2.24) is 25.3 Å². The molecule has 8 nitrogen and oxygen atoms in total. The number of likely N-dealkylation sites (tertiary alicyclic amines) is 1. The van der Waals surface area contributed by atoms with Crippen molar-refractivity contribution in [2.45, 2.75) is 20.3 Å². The molecule has 1 aromatic heterocycles. The fourth-order valence-corrected chi connectivity index (χ4v) is 2.35. The molecule has 1 saturated heterocycles. The molecule has 0 unspecified atom stereocenters. The van der Waals surface area contributed by atoms with Crippen molar-refractivity contribution in [2.75, 3.05) is 13.6 Å². The number of nitrogens with one attached hydrogen (secondary N) is 3. The number of amidine groups is 1. The molecule has 3 N–H and O–H groups in total. The van der Waals surface area contributed by atoms with Crippen molar-refractivity contribution in [1.29, 1.82) is 5.41 Å². The first-order valence-electron chi connectivity index (χ1n) is 7.35. The highest BCUT2D eigenvalue weighted by atomic mass is 16.2. The van der Waals surface area contributed by atoms with E-state index in [2.05, 4.69) is 15.7 Å². The summed E-state index contributed by atoms with van der Waals surface area (Å²) in [5.41, 5.74) is -0.00761. The van der Waals surface area contributed by atoms with Crippen LogP contribution in [0, 0.1) is 10.8 Å². The van der Waals surface area contributed by atoms with Gasteiger partial charge in [-0.2, -0.15) is 5.10 Å². The van der Waals surface area contributed by atoms with E-state index in [4.69, 9.17) is 5.41 Å². The SMILES string of the molecule is CN/C=C(/NC(=O)c1ccn(C)n1)C(=N)N1CCC(C)(C)C1=O. The van der Waals surface area contributed by atoms with Gasteiger partial charge in [-0.1, -0.05) is 13.8 Å². The molecule has 8 heteroatoms. The molecule has 23 heavy (non-hydrogen) atoms. The lowest BCUT2D eigenvalue weighted by atomic mass is 9.92. The second-order valence-electron chi connectivity index (χ2n) is 6.11. The van der Waals surface area contributed by atoms with E-state index in [1.807, 2.05) is 13.8 Å². The first kappa shape index (κ1) is 16.7. The smallest absolute Gasteiger partial charge is 0.276 e. The maximum atomic E-state index is 12.3. The Morgan fingerprint density at radius 1 is 1.48 bits per heavy atom. The summed E-state index contributed by atoms with van der Waals surface area (Å²) < 4.78 is 1.52. The summed E-state index contributed by atoms with van der Waals surface area (Å²) in [6, 6.07) is 1.58. The van der Waals surface area contributed by atoms with Gasteiger partial charge in [-0.25, -0.2) is 0 Å². The van der Waals surface area contributed by atoms with Crippen LogP contribution < -0.4 is 10.6 Å². The number of hydrogen-bond acceptors (Lipinski definition) is 5. The Morgan fingerprint density at radius 3 is 2.65 bits per heavy atom. The zero-order chi connectivity index (χ0) is 17.2. The lowest BCUT2D eigenvalue weighted by Gasteiger charge is -2.22. The average Bonchev–Trinajstić information content (AvgIpc) is 3.03. The Morgan fingerprint density at radius 2 is 2.17 bits per heavy atom. The summed E-state index contributed by atoms with van der Waals surface area (Å²) in [4.78, 5) is 26.0. The Labute approximate surface area is 135 Å². The quantitative estimate of drug-likeness (QED) is 0.554. The largest absolute Gasteiger partial charge is 0.392 e. The highest BCUT2D eigenvalue weighted by Crippen LogP contribution is 2.31. The van der Waals surface area contributed by atoms with E-state index in [0.29, 0.717) is 13.0 Å². The van der Waals surface area contributed by atoms with Gasteiger partial charge in [0.15, 0.2) is 11.5 Å². The van der Waals surface area contributed by atoms with Crippen molar-refractivity contribution in [2.24, 2.45) is 12.5 Å². The van der Waals surface area contributed by atoms with Gasteiger partial charge < -0.3 is 10.6 Å². The molecule has 0 aromatic carbocycles. The maximum absolute atomic E-state index is 12.3. The van der Waals surface area contributed by atoms with Crippen molar-refractivity contribution >= 4 is 17.6 Å². The number of amides is 2. The number of carbonyl (C=O) groups is 2. The van der Waals surface area contributed by atoms with E-state index in [9.17, 15) is 9.59 Å². The molecule has 1 aliphatic rings. The van der Waals surface area contributed by atoms with Gasteiger partial charge in [0.2, 0.25) is 5.91 Å². The van der Waals surface area contributed by atoms with Crippen LogP contribution in [0.2, 0.25) is 0 Å². The van der Waals surface area contributed by atoms with Crippen LogP contribution in [0.5, 0.6) is 0 Å². The number of nitrogens with zero attached hydrogens (tertiary/aromatic N) is 3. The first-order valence-corrected chi connectivity index (χ1v) is 7.35. The van der Waals surface area contributed by atoms with Gasteiger partial charge >= 0.3 is 0 Å². The van der Waals surface area contributed by atoms with E-state index in [1.54, 1.807) is 26.4 Å². The normalized spacial score (nSPS) is 17.3. The molecule has 0 aliphatic carbocycles. The lowest BCUT2D eigenvalue weighted by molar-refractivity contribution is -0.131. The third kappa shape index (κ3) is 3.41. The fraction of sp³-hybridized carbons (Fsp3) is 0.467. The molecule has 0 radical (unpaired) electrons. The Balaban J connectivity index is 2.16. The second kappa shape index (κ2) is 6.23. The molecular formula is C15H22N6O2. The molecular weight excluding hydrogens is 296 g/mol. The van der Waals surface area contributed by atoms with Crippen LogP contribution in [-0.2, 0) is 11.8 Å². The fourth-order valence-electron chi connectivity index (χ4n) is 2.35. The predicted octanol–water partition coefficient (Wildman–Crippen LogP) is 0.446. The predicted molar refractivity (Wildman–Crippen MR) is 85.7 cm³/mol. The molecule has 0 bridgehead atoms. The molecule has 0 spiro atoms. The van der Waals surface area contributed by atoms with Gasteiger partial charge in [0, 0.05) is 38.5 Å². The minimum absolute atomic E-state index is 0.0285. The van der Waals surface area contributed by atoms with E-state index < -0.39 is 11.3 Å². The number of aromatic nitrogens is 2. The summed E-state index contributed by atoms with van der Waals surface area (Å²) in [5.74, 6) is -0.571. The van der Waals surface area contributed by atoms with Gasteiger partial charge in [-0.05, 0) is 12.5 Å². The van der Waals surface area contributed by atoms with Crippen LogP contribution in [0.25, 0.3) is 0 Å². The summed E-state index contributed by atoms with van der Waals surface area (Å²) in [6.07, 6.45) is 3.82. The highest BCUT2D eigenvalue weighted by Gasteiger charge is 2.41. The molecule has 0 atom stereocenters. The molecule has 2 rings (SSSR count). The Bertz CT molecular complexity index is 673. The van der Waals surface area contributed by atoms with Crippen LogP contribution >= 0.6 is 0 Å². The van der Waals surface area contributed by atoms with Crippen molar-refractivity contribution in [3.8, 4) is 0 Å². The third-order valence-electron chi connectivity index (χ3n) is 3.79. The second-order valence-corrected chi connectivity index (χ2v) is 6.11. The van der Waals surface area contributed by atoms with Gasteiger partial charge in [0.05, 0.1) is 5.70 Å². The topological polar surface area (TPSA) is 103 Å². The molecule has 1 aromatic rings. The molecule has 2 amide bonds. The monoisotopic (exact) mass is 318 g/mol. The maximum Gasteiger partial charge on any atom is 0.276 e. The van der Waals surface area contributed by atoms with Gasteiger partial charge in [0.25, 0.3) is 5.91 Å². The average molecular weight is 318 g/mol. The van der Waals surface area contributed by atoms with Gasteiger partial charge in [0.1, 0.15) is 0 Å². The van der Waals surface area contributed by atoms with E-state index in [-0.39, 0.29) is 23.1 Å². The summed E-state index contributed by atoms with van der Waals surface area (Å²) >= 11 is 0. The first-order chi connectivity index (χ1) is 10.8. The van der Waals surface area contributed by atoms with E-state index in [0.717, 1.165) is 0 Å². The minimum atomic E-state index is -0.484. The molecule has 2 heterocycles. The number of aryl methyl sites for hydroxylation is 1. The molecule has 1 aliphatic heterocycles. The van der Waals surface area contributed by atoms with Gasteiger partial charge in [-0.15, -0.1) is 0 Å².